The van der Waals surface area contributed by atoms with E-state index in [2.05, 4.69) is 10.3 Å². The lowest BCUT2D eigenvalue weighted by molar-refractivity contribution is -0.119. The van der Waals surface area contributed by atoms with Crippen molar-refractivity contribution in [1.29, 1.82) is 0 Å². The Kier molecular flexibility index (Phi) is 4.17. The fourth-order valence-electron chi connectivity index (χ4n) is 2.17. The lowest BCUT2D eigenvalue weighted by Gasteiger charge is -2.23. The van der Waals surface area contributed by atoms with Crippen LogP contribution in [-0.4, -0.2) is 35.7 Å². The molecule has 0 aliphatic rings. The van der Waals surface area contributed by atoms with Crippen molar-refractivity contribution >= 4 is 11.5 Å². The Morgan fingerprint density at radius 3 is 2.70 bits per heavy atom. The maximum atomic E-state index is 12.7. The number of rotatable bonds is 5. The molecule has 0 amide bonds. The molecule has 0 bridgehead atoms. The minimum absolute atomic E-state index is 0.250. The molecule has 0 atom stereocenters. The SMILES string of the molecule is CCN(CC(F)(F)F)c1nc2ccccn2c1CNC. The molecular formula is C13H17F3N4. The third-order valence-electron chi connectivity index (χ3n) is 3.00. The normalized spacial score (nSPS) is 12.1. The third-order valence-corrected chi connectivity index (χ3v) is 3.00. The lowest BCUT2D eigenvalue weighted by atomic mass is 10.3. The zero-order valence-corrected chi connectivity index (χ0v) is 11.4. The van der Waals surface area contributed by atoms with Gasteiger partial charge in [-0.05, 0) is 26.1 Å². The Bertz CT molecular complexity index is 576. The fraction of sp³-hybridized carbons (Fsp3) is 0.462. The van der Waals surface area contributed by atoms with E-state index in [1.807, 2.05) is 16.5 Å². The van der Waals surface area contributed by atoms with E-state index in [0.717, 1.165) is 5.69 Å². The van der Waals surface area contributed by atoms with E-state index in [9.17, 15) is 13.2 Å². The van der Waals surface area contributed by atoms with Crippen molar-refractivity contribution < 1.29 is 13.2 Å². The van der Waals surface area contributed by atoms with Crippen molar-refractivity contribution in [1.82, 2.24) is 14.7 Å². The molecule has 110 valence electrons. The summed E-state index contributed by atoms with van der Waals surface area (Å²) < 4.78 is 39.8. The maximum absolute atomic E-state index is 12.7. The molecule has 0 aliphatic carbocycles. The molecule has 0 spiro atoms. The van der Waals surface area contributed by atoms with Gasteiger partial charge in [0.25, 0.3) is 0 Å². The van der Waals surface area contributed by atoms with Crippen LogP contribution in [0.3, 0.4) is 0 Å². The van der Waals surface area contributed by atoms with E-state index >= 15 is 0 Å². The van der Waals surface area contributed by atoms with Gasteiger partial charge in [-0.2, -0.15) is 13.2 Å². The summed E-state index contributed by atoms with van der Waals surface area (Å²) in [6.45, 7) is 1.40. The minimum Gasteiger partial charge on any atom is -0.346 e. The van der Waals surface area contributed by atoms with Crippen LogP contribution in [0.4, 0.5) is 19.0 Å². The van der Waals surface area contributed by atoms with E-state index < -0.39 is 12.7 Å². The van der Waals surface area contributed by atoms with Crippen LogP contribution >= 0.6 is 0 Å². The van der Waals surface area contributed by atoms with Crippen molar-refractivity contribution in [3.63, 3.8) is 0 Å². The summed E-state index contributed by atoms with van der Waals surface area (Å²) in [7, 11) is 1.76. The predicted molar refractivity (Wildman–Crippen MR) is 71.9 cm³/mol. The number of alkyl halides is 3. The van der Waals surface area contributed by atoms with Gasteiger partial charge in [-0.15, -0.1) is 0 Å². The molecule has 1 N–H and O–H groups in total. The number of hydrogen-bond donors (Lipinski definition) is 1. The molecule has 2 aromatic heterocycles. The summed E-state index contributed by atoms with van der Waals surface area (Å²) in [5.41, 5.74) is 1.38. The molecule has 0 aromatic carbocycles. The van der Waals surface area contributed by atoms with Crippen molar-refractivity contribution in [3.8, 4) is 0 Å². The van der Waals surface area contributed by atoms with Gasteiger partial charge in [0.2, 0.25) is 0 Å². The fourth-order valence-corrected chi connectivity index (χ4v) is 2.17. The number of halogens is 3. The number of anilines is 1. The van der Waals surface area contributed by atoms with Crippen LogP contribution in [0.15, 0.2) is 24.4 Å². The van der Waals surface area contributed by atoms with Gasteiger partial charge in [0.15, 0.2) is 5.82 Å². The molecule has 0 unspecified atom stereocenters. The van der Waals surface area contributed by atoms with Crippen molar-refractivity contribution in [3.05, 3.63) is 30.1 Å². The zero-order chi connectivity index (χ0) is 14.8. The molecule has 0 saturated carbocycles. The highest BCUT2D eigenvalue weighted by Crippen LogP contribution is 2.25. The minimum atomic E-state index is -4.25. The number of pyridine rings is 1. The van der Waals surface area contributed by atoms with Gasteiger partial charge < -0.3 is 14.6 Å². The number of nitrogens with zero attached hydrogens (tertiary/aromatic N) is 3. The number of nitrogens with one attached hydrogen (secondary N) is 1. The Balaban J connectivity index is 2.48. The highest BCUT2D eigenvalue weighted by molar-refractivity contribution is 5.56. The molecule has 2 rings (SSSR count). The molecule has 4 nitrogen and oxygen atoms in total. The van der Waals surface area contributed by atoms with Crippen LogP contribution < -0.4 is 10.2 Å². The predicted octanol–water partition coefficient (Wildman–Crippen LogP) is 2.44. The third kappa shape index (κ3) is 3.04. The number of fused-ring (bicyclic) bond motifs is 1. The molecule has 0 fully saturated rings. The number of hydrogen-bond acceptors (Lipinski definition) is 3. The van der Waals surface area contributed by atoms with Crippen LogP contribution in [0.25, 0.3) is 5.65 Å². The maximum Gasteiger partial charge on any atom is 0.405 e. The van der Waals surface area contributed by atoms with Crippen LogP contribution in [-0.2, 0) is 6.54 Å². The Labute approximate surface area is 115 Å². The molecular weight excluding hydrogens is 269 g/mol. The Morgan fingerprint density at radius 1 is 1.35 bits per heavy atom. The van der Waals surface area contributed by atoms with E-state index in [0.29, 0.717) is 18.0 Å². The van der Waals surface area contributed by atoms with Gasteiger partial charge in [-0.25, -0.2) is 4.98 Å². The summed E-state index contributed by atoms with van der Waals surface area (Å²) in [5, 5.41) is 2.98. The molecule has 0 aliphatic heterocycles. The summed E-state index contributed by atoms with van der Waals surface area (Å²) in [6, 6.07) is 5.43. The molecule has 0 saturated heterocycles. The first-order valence-corrected chi connectivity index (χ1v) is 6.38. The molecule has 0 radical (unpaired) electrons. The standard InChI is InChI=1S/C13H17F3N4/c1-3-19(9-13(14,15)16)12-10(8-17-2)20-7-5-4-6-11(20)18-12/h4-7,17H,3,8-9H2,1-2H3. The van der Waals surface area contributed by atoms with E-state index in [1.165, 1.54) is 4.90 Å². The van der Waals surface area contributed by atoms with Crippen molar-refractivity contribution in [2.45, 2.75) is 19.6 Å². The second-order valence-corrected chi connectivity index (χ2v) is 4.47. The van der Waals surface area contributed by atoms with E-state index in [-0.39, 0.29) is 6.54 Å². The van der Waals surface area contributed by atoms with Crippen LogP contribution in [0.2, 0.25) is 0 Å². The van der Waals surface area contributed by atoms with Crippen LogP contribution in [0.1, 0.15) is 12.6 Å². The molecule has 7 heteroatoms. The quantitative estimate of drug-likeness (QED) is 0.916. The van der Waals surface area contributed by atoms with Crippen molar-refractivity contribution in [2.75, 3.05) is 25.0 Å². The summed E-state index contributed by atoms with van der Waals surface area (Å²) >= 11 is 0. The average molecular weight is 286 g/mol. The molecule has 2 heterocycles. The Hall–Kier alpha value is -1.76. The van der Waals surface area contributed by atoms with Gasteiger partial charge in [-0.3, -0.25) is 0 Å². The highest BCUT2D eigenvalue weighted by atomic mass is 19.4. The summed E-state index contributed by atoms with van der Waals surface area (Å²) in [5.74, 6) is 0.380. The van der Waals surface area contributed by atoms with E-state index in [4.69, 9.17) is 0 Å². The molecule has 2 aromatic rings. The average Bonchev–Trinajstić information content (AvgIpc) is 2.75. The topological polar surface area (TPSA) is 32.6 Å². The van der Waals surface area contributed by atoms with Crippen LogP contribution in [0, 0.1) is 0 Å². The summed E-state index contributed by atoms with van der Waals surface area (Å²) in [6.07, 6.45) is -2.44. The van der Waals surface area contributed by atoms with Gasteiger partial charge in [0, 0.05) is 19.3 Å². The van der Waals surface area contributed by atoms with E-state index in [1.54, 1.807) is 26.2 Å². The first kappa shape index (κ1) is 14.6. The zero-order valence-electron chi connectivity index (χ0n) is 11.4. The smallest absolute Gasteiger partial charge is 0.346 e. The Morgan fingerprint density at radius 2 is 2.10 bits per heavy atom. The second kappa shape index (κ2) is 5.70. The second-order valence-electron chi connectivity index (χ2n) is 4.47. The molecule has 20 heavy (non-hydrogen) atoms. The van der Waals surface area contributed by atoms with Gasteiger partial charge >= 0.3 is 6.18 Å². The number of aromatic nitrogens is 2. The van der Waals surface area contributed by atoms with Gasteiger partial charge in [0.1, 0.15) is 12.2 Å². The summed E-state index contributed by atoms with van der Waals surface area (Å²) in [4.78, 5) is 5.59. The van der Waals surface area contributed by atoms with Gasteiger partial charge in [-0.1, -0.05) is 6.07 Å². The monoisotopic (exact) mass is 286 g/mol. The highest BCUT2D eigenvalue weighted by Gasteiger charge is 2.32. The lowest BCUT2D eigenvalue weighted by Crippen LogP contribution is -2.35. The van der Waals surface area contributed by atoms with Crippen molar-refractivity contribution in [2.24, 2.45) is 0 Å². The first-order valence-electron chi connectivity index (χ1n) is 6.38. The number of imidazole rings is 1. The largest absolute Gasteiger partial charge is 0.405 e. The first-order chi connectivity index (χ1) is 9.46. The van der Waals surface area contributed by atoms with Crippen LogP contribution in [0.5, 0.6) is 0 Å². The van der Waals surface area contributed by atoms with Gasteiger partial charge in [0.05, 0.1) is 5.69 Å².